The maximum atomic E-state index is 14.1. The number of nitrogens with one attached hydrogen (secondary N) is 3. The van der Waals surface area contributed by atoms with Crippen LogP contribution in [0.5, 0.6) is 5.75 Å². The van der Waals surface area contributed by atoms with E-state index in [0.29, 0.717) is 11.4 Å². The van der Waals surface area contributed by atoms with Gasteiger partial charge >= 0.3 is 0 Å². The molecule has 5 rings (SSSR count). The predicted octanol–water partition coefficient (Wildman–Crippen LogP) is 6.47. The largest absolute Gasteiger partial charge is 0.495 e. The number of aryl methyl sites for hydroxylation is 1. The lowest BCUT2D eigenvalue weighted by molar-refractivity contribution is 0.102. The summed E-state index contributed by atoms with van der Waals surface area (Å²) in [5, 5.41) is 7.34. The zero-order valence-electron chi connectivity index (χ0n) is 19.9. The topological polar surface area (TPSA) is 79.0 Å². The SMILES string of the molecule is COc1ccccc1N[C@H](c1ccccn1)c1c(C)[nH]c2ccc(NC(=O)c3ccccc3F)cc12. The minimum absolute atomic E-state index is 0.00716. The molecule has 5 aromatic rings. The molecule has 0 saturated carbocycles. The van der Waals surface area contributed by atoms with E-state index in [0.717, 1.165) is 33.5 Å². The summed E-state index contributed by atoms with van der Waals surface area (Å²) >= 11 is 0. The van der Waals surface area contributed by atoms with Gasteiger partial charge in [-0.3, -0.25) is 9.78 Å². The van der Waals surface area contributed by atoms with E-state index < -0.39 is 11.7 Å². The number of methoxy groups -OCH3 is 1. The van der Waals surface area contributed by atoms with E-state index >= 15 is 0 Å². The highest BCUT2D eigenvalue weighted by atomic mass is 19.1. The first kappa shape index (κ1) is 23.1. The van der Waals surface area contributed by atoms with Crippen molar-refractivity contribution in [1.82, 2.24) is 9.97 Å². The molecule has 0 spiro atoms. The number of benzene rings is 3. The number of hydrogen-bond donors (Lipinski definition) is 3. The van der Waals surface area contributed by atoms with Crippen LogP contribution >= 0.6 is 0 Å². The van der Waals surface area contributed by atoms with E-state index in [-0.39, 0.29) is 11.6 Å². The molecule has 0 unspecified atom stereocenters. The van der Waals surface area contributed by atoms with Crippen LogP contribution in [0.4, 0.5) is 15.8 Å². The zero-order chi connectivity index (χ0) is 25.1. The Kier molecular flexibility index (Phi) is 6.36. The standard InChI is InChI=1S/C29H25FN4O2/c1-18-27(28(25-12-7-8-16-31-25)34-24-11-5-6-13-26(24)36-2)21-17-19(14-15-23(21)32-18)33-29(35)20-9-3-4-10-22(20)30/h3-17,28,32,34H,1-2H3,(H,33,35)/t28-/m1/s1. The number of amides is 1. The smallest absolute Gasteiger partial charge is 0.258 e. The molecule has 0 saturated heterocycles. The molecule has 7 heteroatoms. The average molecular weight is 481 g/mol. The molecule has 180 valence electrons. The summed E-state index contributed by atoms with van der Waals surface area (Å²) < 4.78 is 19.7. The lowest BCUT2D eigenvalue weighted by Crippen LogP contribution is -2.15. The number of aromatic amines is 1. The van der Waals surface area contributed by atoms with Gasteiger partial charge < -0.3 is 20.4 Å². The van der Waals surface area contributed by atoms with Gasteiger partial charge in [-0.05, 0) is 61.5 Å². The van der Waals surface area contributed by atoms with E-state index in [2.05, 4.69) is 20.6 Å². The van der Waals surface area contributed by atoms with Crippen molar-refractivity contribution in [1.29, 1.82) is 0 Å². The fraction of sp³-hybridized carbons (Fsp3) is 0.103. The Morgan fingerprint density at radius 2 is 1.78 bits per heavy atom. The van der Waals surface area contributed by atoms with Gasteiger partial charge in [-0.25, -0.2) is 4.39 Å². The normalized spacial score (nSPS) is 11.8. The number of rotatable bonds is 7. The number of halogens is 1. The van der Waals surface area contributed by atoms with Gasteiger partial charge in [0.25, 0.3) is 5.91 Å². The first-order valence-corrected chi connectivity index (χ1v) is 11.5. The van der Waals surface area contributed by atoms with Gasteiger partial charge in [0.05, 0.1) is 30.1 Å². The predicted molar refractivity (Wildman–Crippen MR) is 140 cm³/mol. The van der Waals surface area contributed by atoms with Crippen LogP contribution < -0.4 is 15.4 Å². The number of para-hydroxylation sites is 2. The monoisotopic (exact) mass is 480 g/mol. The summed E-state index contributed by atoms with van der Waals surface area (Å²) in [6.07, 6.45) is 1.76. The van der Waals surface area contributed by atoms with E-state index in [1.54, 1.807) is 31.5 Å². The lowest BCUT2D eigenvalue weighted by atomic mass is 9.98. The molecular weight excluding hydrogens is 455 g/mol. The Bertz CT molecular complexity index is 1530. The third-order valence-electron chi connectivity index (χ3n) is 6.09. The van der Waals surface area contributed by atoms with Gasteiger partial charge in [-0.2, -0.15) is 0 Å². The molecule has 0 aliphatic carbocycles. The maximum Gasteiger partial charge on any atom is 0.258 e. The molecule has 36 heavy (non-hydrogen) atoms. The van der Waals surface area contributed by atoms with Crippen LogP contribution in [0.3, 0.4) is 0 Å². The molecule has 0 aliphatic heterocycles. The minimum Gasteiger partial charge on any atom is -0.495 e. The van der Waals surface area contributed by atoms with Crippen molar-refractivity contribution in [3.05, 3.63) is 119 Å². The number of carbonyl (C=O) groups is 1. The summed E-state index contributed by atoms with van der Waals surface area (Å²) in [6.45, 7) is 2.01. The molecule has 0 fully saturated rings. The van der Waals surface area contributed by atoms with Crippen molar-refractivity contribution in [3.63, 3.8) is 0 Å². The first-order valence-electron chi connectivity index (χ1n) is 11.5. The molecule has 2 heterocycles. The Morgan fingerprint density at radius 3 is 2.56 bits per heavy atom. The molecule has 0 aliphatic rings. The number of H-pyrrole nitrogens is 1. The third kappa shape index (κ3) is 4.51. The van der Waals surface area contributed by atoms with Crippen molar-refractivity contribution in [3.8, 4) is 5.75 Å². The van der Waals surface area contributed by atoms with Crippen LogP contribution in [-0.4, -0.2) is 23.0 Å². The van der Waals surface area contributed by atoms with Crippen LogP contribution in [0, 0.1) is 12.7 Å². The Morgan fingerprint density at radius 1 is 1.00 bits per heavy atom. The molecule has 3 N–H and O–H groups in total. The van der Waals surface area contributed by atoms with Crippen LogP contribution in [0.25, 0.3) is 10.9 Å². The second-order valence-corrected chi connectivity index (χ2v) is 8.39. The Labute approximate surface area is 208 Å². The zero-order valence-corrected chi connectivity index (χ0v) is 19.9. The van der Waals surface area contributed by atoms with Crippen molar-refractivity contribution < 1.29 is 13.9 Å². The highest BCUT2D eigenvalue weighted by Crippen LogP contribution is 2.37. The van der Waals surface area contributed by atoms with E-state index in [1.807, 2.05) is 61.5 Å². The summed E-state index contributed by atoms with van der Waals surface area (Å²) in [5.41, 5.74) is 5.06. The van der Waals surface area contributed by atoms with E-state index in [1.165, 1.54) is 12.1 Å². The molecular formula is C29H25FN4O2. The van der Waals surface area contributed by atoms with Crippen LogP contribution in [-0.2, 0) is 0 Å². The van der Waals surface area contributed by atoms with Crippen LogP contribution in [0.15, 0.2) is 91.1 Å². The van der Waals surface area contributed by atoms with Gasteiger partial charge in [0.15, 0.2) is 0 Å². The van der Waals surface area contributed by atoms with Gasteiger partial charge in [0.1, 0.15) is 11.6 Å². The first-order chi connectivity index (χ1) is 17.5. The third-order valence-corrected chi connectivity index (χ3v) is 6.09. The second-order valence-electron chi connectivity index (χ2n) is 8.39. The Hall–Kier alpha value is -4.65. The molecule has 0 radical (unpaired) electrons. The molecule has 1 amide bonds. The molecule has 6 nitrogen and oxygen atoms in total. The number of aromatic nitrogens is 2. The highest BCUT2D eigenvalue weighted by Gasteiger charge is 2.23. The van der Waals surface area contributed by atoms with Crippen molar-refractivity contribution in [2.75, 3.05) is 17.7 Å². The second kappa shape index (κ2) is 9.92. The molecule has 2 aromatic heterocycles. The number of carbonyl (C=O) groups excluding carboxylic acids is 1. The number of fused-ring (bicyclic) bond motifs is 1. The minimum atomic E-state index is -0.564. The lowest BCUT2D eigenvalue weighted by Gasteiger charge is -2.22. The van der Waals surface area contributed by atoms with Gasteiger partial charge in [0.2, 0.25) is 0 Å². The van der Waals surface area contributed by atoms with Crippen LogP contribution in [0.1, 0.15) is 33.4 Å². The van der Waals surface area contributed by atoms with Gasteiger partial charge in [-0.1, -0.05) is 30.3 Å². The van der Waals surface area contributed by atoms with E-state index in [4.69, 9.17) is 4.74 Å². The van der Waals surface area contributed by atoms with Crippen molar-refractivity contribution in [2.24, 2.45) is 0 Å². The molecule has 3 aromatic carbocycles. The summed E-state index contributed by atoms with van der Waals surface area (Å²) in [6, 6.07) is 24.7. The number of nitrogens with zero attached hydrogens (tertiary/aromatic N) is 1. The van der Waals surface area contributed by atoms with E-state index in [9.17, 15) is 9.18 Å². The summed E-state index contributed by atoms with van der Waals surface area (Å²) in [4.78, 5) is 20.8. The quantitative estimate of drug-likeness (QED) is 0.249. The summed E-state index contributed by atoms with van der Waals surface area (Å²) in [5.74, 6) is -0.353. The fourth-order valence-electron chi connectivity index (χ4n) is 4.40. The maximum absolute atomic E-state index is 14.1. The Balaban J connectivity index is 1.58. The van der Waals surface area contributed by atoms with Gasteiger partial charge in [-0.15, -0.1) is 0 Å². The number of hydrogen-bond acceptors (Lipinski definition) is 4. The molecule has 1 atom stereocenters. The van der Waals surface area contributed by atoms with Gasteiger partial charge in [0, 0.05) is 34.0 Å². The van der Waals surface area contributed by atoms with Crippen LogP contribution in [0.2, 0.25) is 0 Å². The number of anilines is 2. The fourth-order valence-corrected chi connectivity index (χ4v) is 4.40. The average Bonchev–Trinajstić information content (AvgIpc) is 3.23. The number of pyridine rings is 1. The number of ether oxygens (including phenoxy) is 1. The highest BCUT2D eigenvalue weighted by molar-refractivity contribution is 6.05. The van der Waals surface area contributed by atoms with Crippen molar-refractivity contribution >= 4 is 28.2 Å². The molecule has 0 bridgehead atoms. The van der Waals surface area contributed by atoms with Crippen molar-refractivity contribution in [2.45, 2.75) is 13.0 Å². The summed E-state index contributed by atoms with van der Waals surface area (Å²) in [7, 11) is 1.64.